The normalized spacial score (nSPS) is 12.9. The molecule has 0 saturated heterocycles. The van der Waals surface area contributed by atoms with Crippen molar-refractivity contribution in [3.8, 4) is 0 Å². The molecular weight excluding hydrogens is 412 g/mol. The van der Waals surface area contributed by atoms with Gasteiger partial charge in [-0.2, -0.15) is 0 Å². The first kappa shape index (κ1) is 33.0. The monoisotopic (exact) mass is 458 g/mol. The Labute approximate surface area is 210 Å². The minimum atomic E-state index is 0.0664. The molecule has 1 heteroatoms. The van der Waals surface area contributed by atoms with E-state index in [9.17, 15) is 4.79 Å². The highest BCUT2D eigenvalue weighted by molar-refractivity contribution is 5.96. The third kappa shape index (κ3) is 13.4. The average molecular weight is 459 g/mol. The molecule has 0 spiro atoms. The molecule has 0 amide bonds. The Morgan fingerprint density at radius 2 is 1.44 bits per heavy atom. The fraction of sp³-hybridized carbons (Fsp3) is 0.303. The van der Waals surface area contributed by atoms with Gasteiger partial charge in [0.05, 0.1) is 0 Å². The van der Waals surface area contributed by atoms with E-state index in [-0.39, 0.29) is 5.78 Å². The molecule has 1 aromatic rings. The Morgan fingerprint density at radius 3 is 1.82 bits per heavy atom. The van der Waals surface area contributed by atoms with E-state index in [0.29, 0.717) is 23.3 Å². The van der Waals surface area contributed by atoms with Crippen LogP contribution in [0.5, 0.6) is 0 Å². The Balaban J connectivity index is 0. The summed E-state index contributed by atoms with van der Waals surface area (Å²) in [5, 5.41) is 0. The Hall–Kier alpha value is -3.19. The molecule has 1 aromatic carbocycles. The number of rotatable bonds is 10. The van der Waals surface area contributed by atoms with Crippen LogP contribution in [0, 0.1) is 11.8 Å². The van der Waals surface area contributed by atoms with Crippen LogP contribution in [0.4, 0.5) is 0 Å². The summed E-state index contributed by atoms with van der Waals surface area (Å²) in [6.07, 6.45) is 13.0. The highest BCUT2D eigenvalue weighted by atomic mass is 16.1. The summed E-state index contributed by atoms with van der Waals surface area (Å²) >= 11 is 0. The van der Waals surface area contributed by atoms with E-state index in [1.165, 1.54) is 11.1 Å². The number of allylic oxidation sites excluding steroid dienone is 11. The van der Waals surface area contributed by atoms with E-state index < -0.39 is 0 Å². The van der Waals surface area contributed by atoms with E-state index in [1.807, 2.05) is 38.2 Å². The number of hydrogen-bond acceptors (Lipinski definition) is 1. The van der Waals surface area contributed by atoms with E-state index in [1.54, 1.807) is 25.2 Å². The van der Waals surface area contributed by atoms with Gasteiger partial charge < -0.3 is 0 Å². The van der Waals surface area contributed by atoms with Gasteiger partial charge in [0.15, 0.2) is 5.78 Å². The quantitative estimate of drug-likeness (QED) is 0.194. The highest BCUT2D eigenvalue weighted by Gasteiger charge is 2.15. The molecule has 2 unspecified atom stereocenters. The smallest absolute Gasteiger partial charge is 0.159 e. The van der Waals surface area contributed by atoms with E-state index >= 15 is 0 Å². The van der Waals surface area contributed by atoms with Crippen LogP contribution in [0.25, 0.3) is 0 Å². The van der Waals surface area contributed by atoms with Crippen LogP contribution in [0.3, 0.4) is 0 Å². The van der Waals surface area contributed by atoms with Crippen molar-refractivity contribution < 1.29 is 4.79 Å². The fourth-order valence-corrected chi connectivity index (χ4v) is 2.96. The maximum absolute atomic E-state index is 11.1. The molecular formula is C33H46O. The second-order valence-electron chi connectivity index (χ2n) is 8.34. The zero-order valence-electron chi connectivity index (χ0n) is 22.6. The third-order valence-electron chi connectivity index (χ3n) is 5.44. The molecule has 0 bridgehead atoms. The number of carbonyl (C=O) groups excluding carboxylic acids is 1. The predicted molar refractivity (Wildman–Crippen MR) is 155 cm³/mol. The van der Waals surface area contributed by atoms with Crippen molar-refractivity contribution in [2.24, 2.45) is 11.8 Å². The lowest BCUT2D eigenvalue weighted by atomic mass is 9.83. The lowest BCUT2D eigenvalue weighted by Crippen LogP contribution is -2.08. The topological polar surface area (TPSA) is 17.1 Å². The van der Waals surface area contributed by atoms with Crippen molar-refractivity contribution >= 4 is 5.78 Å². The molecule has 184 valence electrons. The first-order valence-corrected chi connectivity index (χ1v) is 11.8. The first-order valence-electron chi connectivity index (χ1n) is 11.8. The van der Waals surface area contributed by atoms with Crippen molar-refractivity contribution in [2.45, 2.75) is 54.4 Å². The molecule has 2 atom stereocenters. The van der Waals surface area contributed by atoms with Crippen LogP contribution >= 0.6 is 0 Å². The zero-order chi connectivity index (χ0) is 26.7. The van der Waals surface area contributed by atoms with E-state index in [0.717, 1.165) is 11.1 Å². The van der Waals surface area contributed by atoms with Gasteiger partial charge in [0.1, 0.15) is 0 Å². The van der Waals surface area contributed by atoms with Crippen molar-refractivity contribution in [1.29, 1.82) is 0 Å². The molecule has 0 N–H and O–H groups in total. The maximum Gasteiger partial charge on any atom is 0.159 e. The molecule has 1 rings (SSSR count). The average Bonchev–Trinajstić information content (AvgIpc) is 2.82. The highest BCUT2D eigenvalue weighted by Crippen LogP contribution is 2.29. The Morgan fingerprint density at radius 1 is 0.912 bits per heavy atom. The Bertz CT molecular complexity index is 888. The molecule has 0 radical (unpaired) electrons. The van der Waals surface area contributed by atoms with Gasteiger partial charge in [-0.15, -0.1) is 6.58 Å². The molecule has 34 heavy (non-hydrogen) atoms. The molecule has 0 aliphatic carbocycles. The van der Waals surface area contributed by atoms with E-state index in [4.69, 9.17) is 0 Å². The second kappa shape index (κ2) is 19.3. The van der Waals surface area contributed by atoms with Crippen molar-refractivity contribution in [1.82, 2.24) is 0 Å². The number of benzene rings is 1. The van der Waals surface area contributed by atoms with E-state index in [2.05, 4.69) is 90.9 Å². The van der Waals surface area contributed by atoms with Gasteiger partial charge >= 0.3 is 0 Å². The van der Waals surface area contributed by atoms with Crippen LogP contribution < -0.4 is 0 Å². The van der Waals surface area contributed by atoms with Gasteiger partial charge in [-0.3, -0.25) is 4.79 Å². The van der Waals surface area contributed by atoms with Crippen molar-refractivity contribution in [2.75, 3.05) is 0 Å². The van der Waals surface area contributed by atoms with Gasteiger partial charge in [0, 0.05) is 5.57 Å². The van der Waals surface area contributed by atoms with Gasteiger partial charge in [-0.05, 0) is 60.8 Å². The molecule has 0 fully saturated rings. The number of Topliss-reactive ketones (excluding diaryl/α,β-unsaturated/α-hetero) is 1. The van der Waals surface area contributed by atoms with Gasteiger partial charge in [0.25, 0.3) is 0 Å². The minimum absolute atomic E-state index is 0.0664. The van der Waals surface area contributed by atoms with Crippen LogP contribution in [-0.4, -0.2) is 5.78 Å². The molecule has 0 aliphatic rings. The van der Waals surface area contributed by atoms with Gasteiger partial charge in [0.2, 0.25) is 0 Å². The molecule has 0 saturated carbocycles. The van der Waals surface area contributed by atoms with Crippen LogP contribution in [0.2, 0.25) is 0 Å². The maximum atomic E-state index is 11.1. The van der Waals surface area contributed by atoms with Crippen molar-refractivity contribution in [3.05, 3.63) is 134 Å². The summed E-state index contributed by atoms with van der Waals surface area (Å²) < 4.78 is 0. The fourth-order valence-electron chi connectivity index (χ4n) is 2.96. The molecule has 0 aromatic heterocycles. The SMILES string of the molecule is C=C(/C=C\C(=C/C)C(C)=O)C(=C)C(C)C.C=C/C=C(\C=C)C(C)C(C)c1ccccc1.C=CC. The largest absolute Gasteiger partial charge is 0.295 e. The summed E-state index contributed by atoms with van der Waals surface area (Å²) in [7, 11) is 0. The van der Waals surface area contributed by atoms with Gasteiger partial charge in [-0.25, -0.2) is 0 Å². The first-order chi connectivity index (χ1) is 16.0. The third-order valence-corrected chi connectivity index (χ3v) is 5.44. The standard InChI is InChI=1S/C16H20.C14H20O.C3H6/c1-5-10-15(6-2)13(3)14(4)16-11-8-7-9-12-16;1-7-14(13(6)15)9-8-11(4)12(5)10(2)3;1-3-2/h5-14H,1-2H2,3-4H3;7-10H,4-5H2,1-3,6H3;3H,1H2,2H3/b15-10+;9-8-,14-7+;. The van der Waals surface area contributed by atoms with Gasteiger partial charge in [-0.1, -0.05) is 127 Å². The Kier molecular flexibility index (Phi) is 18.7. The number of carbonyl (C=O) groups is 1. The molecule has 0 heterocycles. The molecule has 0 aliphatic heterocycles. The summed E-state index contributed by atoms with van der Waals surface area (Å²) in [6, 6.07) is 10.6. The zero-order valence-corrected chi connectivity index (χ0v) is 22.6. The summed E-state index contributed by atoms with van der Waals surface area (Å²) in [5.74, 6) is 1.40. The summed E-state index contributed by atoms with van der Waals surface area (Å²) in [6.45, 7) is 32.7. The van der Waals surface area contributed by atoms with Crippen LogP contribution in [0.1, 0.15) is 59.9 Å². The lowest BCUT2D eigenvalue weighted by Gasteiger charge is -2.21. The number of hydrogen-bond donors (Lipinski definition) is 0. The minimum Gasteiger partial charge on any atom is -0.295 e. The van der Waals surface area contributed by atoms with Crippen LogP contribution in [-0.2, 0) is 4.79 Å². The number of ketones is 1. The summed E-state index contributed by atoms with van der Waals surface area (Å²) in [4.78, 5) is 11.1. The molecule has 1 nitrogen and oxygen atoms in total. The predicted octanol–water partition coefficient (Wildman–Crippen LogP) is 9.76. The van der Waals surface area contributed by atoms with Crippen LogP contribution in [0.15, 0.2) is 128 Å². The summed E-state index contributed by atoms with van der Waals surface area (Å²) in [5.41, 5.74) is 5.20. The second-order valence-corrected chi connectivity index (χ2v) is 8.34. The van der Waals surface area contributed by atoms with Crippen molar-refractivity contribution in [3.63, 3.8) is 0 Å². The lowest BCUT2D eigenvalue weighted by molar-refractivity contribution is -0.113.